The Labute approximate surface area is 147 Å². The summed E-state index contributed by atoms with van der Waals surface area (Å²) in [6, 6.07) is 10.8. The molecule has 1 aliphatic heterocycles. The molecule has 25 heavy (non-hydrogen) atoms. The van der Waals surface area contributed by atoms with Crippen molar-refractivity contribution < 1.29 is 9.21 Å². The van der Waals surface area contributed by atoms with E-state index in [1.165, 1.54) is 6.39 Å². The summed E-state index contributed by atoms with van der Waals surface area (Å²) in [6.07, 6.45) is 5.24. The Morgan fingerprint density at radius 1 is 1.12 bits per heavy atom. The summed E-state index contributed by atoms with van der Waals surface area (Å²) < 4.78 is 5.55. The van der Waals surface area contributed by atoms with Crippen LogP contribution in [-0.4, -0.2) is 36.1 Å². The molecule has 2 aromatic rings. The normalized spacial score (nSPS) is 23.7. The van der Waals surface area contributed by atoms with Crippen LogP contribution in [0.3, 0.4) is 0 Å². The molecule has 1 aliphatic carbocycles. The van der Waals surface area contributed by atoms with E-state index in [-0.39, 0.29) is 11.9 Å². The maximum absolute atomic E-state index is 12.6. The molecule has 6 nitrogen and oxygen atoms in total. The van der Waals surface area contributed by atoms with Gasteiger partial charge >= 0.3 is 0 Å². The second kappa shape index (κ2) is 7.27. The van der Waals surface area contributed by atoms with Gasteiger partial charge in [-0.1, -0.05) is 18.2 Å². The highest BCUT2D eigenvalue weighted by Crippen LogP contribution is 2.29. The molecule has 2 aliphatic rings. The van der Waals surface area contributed by atoms with Crippen LogP contribution in [0, 0.1) is 0 Å². The number of nitrogens with zero attached hydrogens (tertiary/aromatic N) is 1. The Morgan fingerprint density at radius 2 is 1.88 bits per heavy atom. The van der Waals surface area contributed by atoms with Crippen molar-refractivity contribution in [1.29, 1.82) is 0 Å². The average Bonchev–Trinajstić information content (AvgIpc) is 3.11. The summed E-state index contributed by atoms with van der Waals surface area (Å²) in [4.78, 5) is 16.7. The summed E-state index contributed by atoms with van der Waals surface area (Å²) in [6.45, 7) is 1.92. The smallest absolute Gasteiger partial charge is 0.273 e. The van der Waals surface area contributed by atoms with Gasteiger partial charge in [0.25, 0.3) is 5.91 Å². The predicted molar refractivity (Wildman–Crippen MR) is 95.7 cm³/mol. The molecular weight excluding hydrogens is 316 g/mol. The molecule has 1 aromatic carbocycles. The number of anilines is 1. The molecule has 1 amide bonds. The largest absolute Gasteiger partial charge is 0.447 e. The van der Waals surface area contributed by atoms with Gasteiger partial charge in [0, 0.05) is 23.7 Å². The fourth-order valence-electron chi connectivity index (χ4n) is 3.68. The molecule has 0 atom stereocenters. The zero-order chi connectivity index (χ0) is 17.1. The van der Waals surface area contributed by atoms with Gasteiger partial charge in [-0.05, 0) is 50.9 Å². The highest BCUT2D eigenvalue weighted by Gasteiger charge is 2.32. The molecule has 1 aromatic heterocycles. The Balaban J connectivity index is 1.30. The van der Waals surface area contributed by atoms with Crippen LogP contribution >= 0.6 is 0 Å². The van der Waals surface area contributed by atoms with Crippen molar-refractivity contribution in [3.05, 3.63) is 48.2 Å². The van der Waals surface area contributed by atoms with Crippen LogP contribution in [-0.2, 0) is 0 Å². The molecule has 4 rings (SSSR count). The lowest BCUT2D eigenvalue weighted by Crippen LogP contribution is -2.49. The quantitative estimate of drug-likeness (QED) is 0.779. The summed E-state index contributed by atoms with van der Waals surface area (Å²) in [5.74, 6) is 0.932. The van der Waals surface area contributed by atoms with Crippen molar-refractivity contribution in [3.63, 3.8) is 0 Å². The van der Waals surface area contributed by atoms with E-state index >= 15 is 0 Å². The van der Waals surface area contributed by atoms with E-state index in [1.807, 2.05) is 18.2 Å². The lowest BCUT2D eigenvalue weighted by Gasteiger charge is -2.36. The molecule has 3 N–H and O–H groups in total. The summed E-state index contributed by atoms with van der Waals surface area (Å²) in [5.41, 5.74) is 1.59. The molecule has 0 unspecified atom stereocenters. The first-order valence-corrected chi connectivity index (χ1v) is 9.06. The van der Waals surface area contributed by atoms with E-state index in [9.17, 15) is 4.79 Å². The minimum atomic E-state index is -0.106. The third-order valence-electron chi connectivity index (χ3n) is 5.14. The topological polar surface area (TPSA) is 79.2 Å². The molecule has 1 saturated heterocycles. The number of aromatic nitrogens is 1. The molecule has 2 heterocycles. The van der Waals surface area contributed by atoms with Crippen LogP contribution in [0.5, 0.6) is 0 Å². The Bertz CT molecular complexity index is 703. The molecule has 1 saturated carbocycles. The molecular formula is C19H24N4O2. The van der Waals surface area contributed by atoms with Gasteiger partial charge in [-0.2, -0.15) is 0 Å². The number of hydrogen-bond donors (Lipinski definition) is 3. The standard InChI is InChI=1S/C19H24N4O2/c24-19(17-18(25-12-21-17)13-6-8-20-9-7-13)23-16-10-15(11-16)22-14-4-2-1-3-5-14/h1-5,12-13,15-16,20,22H,6-11H2,(H,23,24). The van der Waals surface area contributed by atoms with Crippen LogP contribution < -0.4 is 16.0 Å². The first kappa shape index (κ1) is 16.1. The van der Waals surface area contributed by atoms with E-state index in [4.69, 9.17) is 4.42 Å². The maximum Gasteiger partial charge on any atom is 0.273 e. The lowest BCUT2D eigenvalue weighted by atomic mass is 9.86. The van der Waals surface area contributed by atoms with Crippen LogP contribution in [0.1, 0.15) is 47.8 Å². The highest BCUT2D eigenvalue weighted by atomic mass is 16.3. The van der Waals surface area contributed by atoms with Gasteiger partial charge in [-0.15, -0.1) is 0 Å². The number of nitrogens with one attached hydrogen (secondary N) is 3. The van der Waals surface area contributed by atoms with Crippen molar-refractivity contribution in [3.8, 4) is 0 Å². The zero-order valence-electron chi connectivity index (χ0n) is 14.2. The van der Waals surface area contributed by atoms with Crippen molar-refractivity contribution in [2.45, 2.75) is 43.7 Å². The third-order valence-corrected chi connectivity index (χ3v) is 5.14. The fourth-order valence-corrected chi connectivity index (χ4v) is 3.68. The summed E-state index contributed by atoms with van der Waals surface area (Å²) in [5, 5.41) is 9.92. The van der Waals surface area contributed by atoms with Crippen molar-refractivity contribution in [2.24, 2.45) is 0 Å². The van der Waals surface area contributed by atoms with Gasteiger partial charge in [0.05, 0.1) is 0 Å². The predicted octanol–water partition coefficient (Wildman–Crippen LogP) is 2.51. The maximum atomic E-state index is 12.6. The lowest BCUT2D eigenvalue weighted by molar-refractivity contribution is 0.0905. The Hall–Kier alpha value is -2.34. The van der Waals surface area contributed by atoms with Gasteiger partial charge in [-0.25, -0.2) is 4.98 Å². The number of piperidine rings is 1. The number of oxazole rings is 1. The van der Waals surface area contributed by atoms with Crippen molar-refractivity contribution in [1.82, 2.24) is 15.6 Å². The van der Waals surface area contributed by atoms with Crippen LogP contribution in [0.15, 0.2) is 41.1 Å². The van der Waals surface area contributed by atoms with Gasteiger partial charge in [-0.3, -0.25) is 4.79 Å². The number of para-hydroxylation sites is 1. The highest BCUT2D eigenvalue weighted by molar-refractivity contribution is 5.93. The molecule has 6 heteroatoms. The van der Waals surface area contributed by atoms with Gasteiger partial charge in [0.15, 0.2) is 12.1 Å². The number of benzene rings is 1. The van der Waals surface area contributed by atoms with Gasteiger partial charge in [0.2, 0.25) is 0 Å². The molecule has 132 valence electrons. The molecule has 0 radical (unpaired) electrons. The molecule has 0 bridgehead atoms. The SMILES string of the molecule is O=C(NC1CC(Nc2ccccc2)C1)c1ncoc1C1CCNCC1. The summed E-state index contributed by atoms with van der Waals surface area (Å²) >= 11 is 0. The Kier molecular flexibility index (Phi) is 4.70. The van der Waals surface area contributed by atoms with E-state index < -0.39 is 0 Å². The van der Waals surface area contributed by atoms with Crippen LogP contribution in [0.4, 0.5) is 5.69 Å². The third kappa shape index (κ3) is 3.69. The van der Waals surface area contributed by atoms with Crippen LogP contribution in [0.2, 0.25) is 0 Å². The van der Waals surface area contributed by atoms with Gasteiger partial charge < -0.3 is 20.4 Å². The number of hydrogen-bond acceptors (Lipinski definition) is 5. The van der Waals surface area contributed by atoms with E-state index in [2.05, 4.69) is 33.1 Å². The molecule has 2 fully saturated rings. The second-order valence-corrected chi connectivity index (χ2v) is 6.94. The van der Waals surface area contributed by atoms with E-state index in [1.54, 1.807) is 0 Å². The first-order valence-electron chi connectivity index (χ1n) is 9.06. The summed E-state index contributed by atoms with van der Waals surface area (Å²) in [7, 11) is 0. The van der Waals surface area contributed by atoms with E-state index in [0.29, 0.717) is 17.7 Å². The minimum Gasteiger partial charge on any atom is -0.447 e. The van der Waals surface area contributed by atoms with Crippen molar-refractivity contribution >= 4 is 11.6 Å². The number of carbonyl (C=O) groups excluding carboxylic acids is 1. The van der Waals surface area contributed by atoms with Gasteiger partial charge in [0.1, 0.15) is 5.76 Å². The fraction of sp³-hybridized carbons (Fsp3) is 0.474. The monoisotopic (exact) mass is 340 g/mol. The number of rotatable bonds is 5. The first-order chi connectivity index (χ1) is 12.3. The minimum absolute atomic E-state index is 0.106. The average molecular weight is 340 g/mol. The number of amides is 1. The van der Waals surface area contributed by atoms with Crippen LogP contribution in [0.25, 0.3) is 0 Å². The zero-order valence-corrected chi connectivity index (χ0v) is 14.2. The Morgan fingerprint density at radius 3 is 2.64 bits per heavy atom. The molecule has 0 spiro atoms. The van der Waals surface area contributed by atoms with E-state index in [0.717, 1.165) is 50.2 Å². The second-order valence-electron chi connectivity index (χ2n) is 6.94. The van der Waals surface area contributed by atoms with Crippen molar-refractivity contribution in [2.75, 3.05) is 18.4 Å². The number of carbonyl (C=O) groups is 1.